The molecule has 1 aromatic carbocycles. The van der Waals surface area contributed by atoms with Gasteiger partial charge in [-0.2, -0.15) is 4.31 Å². The van der Waals surface area contributed by atoms with Crippen LogP contribution in [0.3, 0.4) is 0 Å². The van der Waals surface area contributed by atoms with Crippen molar-refractivity contribution >= 4 is 22.0 Å². The molecule has 3 rings (SSSR count). The van der Waals surface area contributed by atoms with Gasteiger partial charge in [-0.15, -0.1) is 0 Å². The van der Waals surface area contributed by atoms with Crippen LogP contribution in [-0.4, -0.2) is 112 Å². The first-order valence-electron chi connectivity index (χ1n) is 10.4. The third-order valence-corrected chi connectivity index (χ3v) is 7.46. The molecule has 0 aliphatic carbocycles. The molecule has 2 heterocycles. The zero-order valence-electron chi connectivity index (χ0n) is 18.0. The van der Waals surface area contributed by atoms with Gasteiger partial charge in [-0.05, 0) is 31.2 Å². The Morgan fingerprint density at radius 3 is 2.03 bits per heavy atom. The van der Waals surface area contributed by atoms with Gasteiger partial charge in [-0.3, -0.25) is 9.69 Å². The lowest BCUT2D eigenvalue weighted by molar-refractivity contribution is -0.134. The topological polar surface area (TPSA) is 99.7 Å². The van der Waals surface area contributed by atoms with Crippen molar-refractivity contribution in [3.63, 3.8) is 0 Å². The second-order valence-corrected chi connectivity index (χ2v) is 9.36. The van der Waals surface area contributed by atoms with E-state index in [4.69, 9.17) is 9.47 Å². The van der Waals surface area contributed by atoms with Gasteiger partial charge < -0.3 is 19.3 Å². The number of amides is 2. The quantitative estimate of drug-likeness (QED) is 0.610. The normalized spacial score (nSPS) is 18.6. The Hall–Kier alpha value is -2.37. The molecule has 2 aliphatic rings. The van der Waals surface area contributed by atoms with E-state index in [1.54, 1.807) is 41.0 Å². The number of nitrogens with zero attached hydrogens (tertiary/aromatic N) is 4. The molecule has 0 radical (unpaired) electrons. The molecular weight excluding hydrogens is 424 g/mol. The van der Waals surface area contributed by atoms with Gasteiger partial charge in [0.2, 0.25) is 15.9 Å². The Kier molecular flexibility index (Phi) is 7.74. The van der Waals surface area contributed by atoms with Crippen LogP contribution in [0.1, 0.15) is 6.92 Å². The van der Waals surface area contributed by atoms with Crippen LogP contribution in [0.4, 0.5) is 4.79 Å². The summed E-state index contributed by atoms with van der Waals surface area (Å²) in [6, 6.07) is 6.34. The van der Waals surface area contributed by atoms with Crippen LogP contribution in [0.15, 0.2) is 29.2 Å². The van der Waals surface area contributed by atoms with E-state index in [1.165, 1.54) is 11.4 Å². The number of hydrogen-bond acceptors (Lipinski definition) is 7. The molecule has 1 aromatic rings. The number of hydrogen-bond donors (Lipinski definition) is 0. The summed E-state index contributed by atoms with van der Waals surface area (Å²) < 4.78 is 37.2. The van der Waals surface area contributed by atoms with Crippen LogP contribution in [-0.2, 0) is 19.6 Å². The highest BCUT2D eigenvalue weighted by molar-refractivity contribution is 7.89. The number of methoxy groups -OCH3 is 1. The Bertz CT molecular complexity index is 860. The molecular formula is C20H30N4O6S. The molecule has 10 nitrogen and oxygen atoms in total. The lowest BCUT2D eigenvalue weighted by Gasteiger charge is -2.37. The maximum atomic E-state index is 12.8. The largest absolute Gasteiger partial charge is 0.497 e. The van der Waals surface area contributed by atoms with Gasteiger partial charge in [-0.1, -0.05) is 0 Å². The fourth-order valence-corrected chi connectivity index (χ4v) is 5.09. The molecule has 2 fully saturated rings. The average molecular weight is 455 g/mol. The molecule has 0 saturated carbocycles. The van der Waals surface area contributed by atoms with E-state index in [9.17, 15) is 18.0 Å². The summed E-state index contributed by atoms with van der Waals surface area (Å²) >= 11 is 0. The maximum absolute atomic E-state index is 12.8. The molecule has 2 amide bonds. The van der Waals surface area contributed by atoms with Crippen molar-refractivity contribution in [2.45, 2.75) is 11.8 Å². The van der Waals surface area contributed by atoms with Crippen molar-refractivity contribution < 1.29 is 27.5 Å². The van der Waals surface area contributed by atoms with E-state index < -0.39 is 10.0 Å². The summed E-state index contributed by atoms with van der Waals surface area (Å²) in [6.45, 7) is 5.85. The molecule has 31 heavy (non-hydrogen) atoms. The zero-order chi connectivity index (χ0) is 22.4. The number of ether oxygens (including phenoxy) is 2. The molecule has 0 N–H and O–H groups in total. The van der Waals surface area contributed by atoms with Gasteiger partial charge in [-0.25, -0.2) is 13.2 Å². The standard InChI is InChI=1S/C20H30N4O6S/c1-3-30-20(26)23-12-10-22(11-13-23)19(25)16-21-8-14-24(15-9-21)31(27,28)18-6-4-17(29-2)5-7-18/h4-7H,3,8-16H2,1-2H3. The van der Waals surface area contributed by atoms with E-state index in [1.807, 2.05) is 4.90 Å². The van der Waals surface area contributed by atoms with Gasteiger partial charge in [0, 0.05) is 52.4 Å². The maximum Gasteiger partial charge on any atom is 0.409 e. The summed E-state index contributed by atoms with van der Waals surface area (Å²) in [5.41, 5.74) is 0. The Morgan fingerprint density at radius 2 is 1.48 bits per heavy atom. The Morgan fingerprint density at radius 1 is 0.903 bits per heavy atom. The number of rotatable bonds is 6. The van der Waals surface area contributed by atoms with Gasteiger partial charge >= 0.3 is 6.09 Å². The van der Waals surface area contributed by atoms with E-state index in [0.29, 0.717) is 64.7 Å². The van der Waals surface area contributed by atoms with E-state index in [2.05, 4.69) is 0 Å². The summed E-state index contributed by atoms with van der Waals surface area (Å²) in [6.07, 6.45) is -0.344. The van der Waals surface area contributed by atoms with Crippen LogP contribution in [0.2, 0.25) is 0 Å². The van der Waals surface area contributed by atoms with Crippen molar-refractivity contribution in [1.29, 1.82) is 0 Å². The van der Waals surface area contributed by atoms with Crippen LogP contribution in [0, 0.1) is 0 Å². The summed E-state index contributed by atoms with van der Waals surface area (Å²) in [7, 11) is -2.04. The predicted octanol–water partition coefficient (Wildman–Crippen LogP) is 0.302. The van der Waals surface area contributed by atoms with Gasteiger partial charge in [0.05, 0.1) is 25.2 Å². The predicted molar refractivity (Wildman–Crippen MR) is 113 cm³/mol. The third-order valence-electron chi connectivity index (χ3n) is 5.55. The third kappa shape index (κ3) is 5.66. The second-order valence-electron chi connectivity index (χ2n) is 7.42. The highest BCUT2D eigenvalue weighted by atomic mass is 32.2. The summed E-state index contributed by atoms with van der Waals surface area (Å²) in [5.74, 6) is 0.598. The number of benzene rings is 1. The van der Waals surface area contributed by atoms with Crippen molar-refractivity contribution in [1.82, 2.24) is 19.0 Å². The van der Waals surface area contributed by atoms with Crippen LogP contribution in [0.5, 0.6) is 5.75 Å². The molecule has 2 aliphatic heterocycles. The fraction of sp³-hybridized carbons (Fsp3) is 0.600. The smallest absolute Gasteiger partial charge is 0.409 e. The van der Waals surface area contributed by atoms with E-state index in [-0.39, 0.29) is 23.4 Å². The Labute approximate surface area is 183 Å². The minimum Gasteiger partial charge on any atom is -0.497 e. The summed E-state index contributed by atoms with van der Waals surface area (Å²) in [4.78, 5) is 30.0. The second kappa shape index (κ2) is 10.3. The van der Waals surface area contributed by atoms with Crippen LogP contribution in [0.25, 0.3) is 0 Å². The minimum absolute atomic E-state index is 0.00466. The fourth-order valence-electron chi connectivity index (χ4n) is 3.67. The highest BCUT2D eigenvalue weighted by Crippen LogP contribution is 2.20. The van der Waals surface area contributed by atoms with Crippen molar-refractivity contribution in [2.24, 2.45) is 0 Å². The van der Waals surface area contributed by atoms with Crippen LogP contribution < -0.4 is 4.74 Å². The number of carbonyl (C=O) groups excluding carboxylic acids is 2. The molecule has 0 unspecified atom stereocenters. The molecule has 0 aromatic heterocycles. The van der Waals surface area contributed by atoms with Gasteiger partial charge in [0.25, 0.3) is 0 Å². The monoisotopic (exact) mass is 454 g/mol. The number of carbonyl (C=O) groups is 2. The van der Waals surface area contributed by atoms with E-state index in [0.717, 1.165) is 0 Å². The van der Waals surface area contributed by atoms with E-state index >= 15 is 0 Å². The van der Waals surface area contributed by atoms with Crippen LogP contribution >= 0.6 is 0 Å². The molecule has 172 valence electrons. The number of piperazine rings is 2. The van der Waals surface area contributed by atoms with Crippen molar-refractivity contribution in [3.8, 4) is 5.75 Å². The first-order valence-corrected chi connectivity index (χ1v) is 11.8. The number of sulfonamides is 1. The summed E-state index contributed by atoms with van der Waals surface area (Å²) in [5, 5.41) is 0. The molecule has 2 saturated heterocycles. The van der Waals surface area contributed by atoms with Gasteiger partial charge in [0.15, 0.2) is 0 Å². The molecule has 0 bridgehead atoms. The van der Waals surface area contributed by atoms with Crippen molar-refractivity contribution in [2.75, 3.05) is 72.6 Å². The molecule has 11 heteroatoms. The Balaban J connectivity index is 1.46. The first-order chi connectivity index (χ1) is 14.8. The van der Waals surface area contributed by atoms with Crippen molar-refractivity contribution in [3.05, 3.63) is 24.3 Å². The minimum atomic E-state index is -3.57. The SMILES string of the molecule is CCOC(=O)N1CCN(C(=O)CN2CCN(S(=O)(=O)c3ccc(OC)cc3)CC2)CC1. The van der Waals surface area contributed by atoms with Gasteiger partial charge in [0.1, 0.15) is 5.75 Å². The zero-order valence-corrected chi connectivity index (χ0v) is 18.8. The lowest BCUT2D eigenvalue weighted by Crippen LogP contribution is -2.55. The highest BCUT2D eigenvalue weighted by Gasteiger charge is 2.31. The molecule has 0 spiro atoms. The lowest BCUT2D eigenvalue weighted by atomic mass is 10.3. The first kappa shape index (κ1) is 23.3. The molecule has 0 atom stereocenters. The average Bonchev–Trinajstić information content (AvgIpc) is 2.79.